The van der Waals surface area contributed by atoms with Crippen molar-refractivity contribution in [2.24, 2.45) is 0 Å². The first-order valence-electron chi connectivity index (χ1n) is 11.7. The van der Waals surface area contributed by atoms with Crippen LogP contribution in [0.1, 0.15) is 52.0 Å². The topological polar surface area (TPSA) is 86.8 Å². The monoisotopic (exact) mass is 509 g/mol. The Labute approximate surface area is 209 Å². The fourth-order valence-corrected chi connectivity index (χ4v) is 7.38. The molecular weight excluding hydrogens is 482 g/mol. The number of nitrogens with one attached hydrogen (secondary N) is 1. The molecule has 0 saturated carbocycles. The van der Waals surface area contributed by atoms with E-state index in [2.05, 4.69) is 5.32 Å². The number of fused-ring (bicyclic) bond motifs is 1. The zero-order chi connectivity index (χ0) is 24.6. The Morgan fingerprint density at radius 3 is 2.37 bits per heavy atom. The summed E-state index contributed by atoms with van der Waals surface area (Å²) in [5.41, 5.74) is 1.72. The number of anilines is 1. The molecule has 0 aliphatic carbocycles. The Morgan fingerprint density at radius 2 is 1.69 bits per heavy atom. The van der Waals surface area contributed by atoms with Gasteiger partial charge in [-0.25, -0.2) is 8.42 Å². The first kappa shape index (κ1) is 23.7. The fourth-order valence-electron chi connectivity index (χ4n) is 4.96. The number of amides is 2. The molecule has 5 rings (SSSR count). The first-order valence-corrected chi connectivity index (χ1v) is 14.0. The lowest BCUT2D eigenvalue weighted by Gasteiger charge is -2.39. The third kappa shape index (κ3) is 4.39. The summed E-state index contributed by atoms with van der Waals surface area (Å²) in [6.07, 6.45) is 2.80. The summed E-state index contributed by atoms with van der Waals surface area (Å²) in [7, 11) is -1.82. The number of hydrogen-bond donors (Lipinski definition) is 1. The van der Waals surface area contributed by atoms with Gasteiger partial charge in [0, 0.05) is 36.3 Å². The molecule has 1 N–H and O–H groups in total. The van der Waals surface area contributed by atoms with Gasteiger partial charge in [0.05, 0.1) is 16.9 Å². The molecule has 2 aliphatic rings. The maximum atomic E-state index is 13.6. The summed E-state index contributed by atoms with van der Waals surface area (Å²) < 4.78 is 27.4. The van der Waals surface area contributed by atoms with Crippen LogP contribution in [0.4, 0.5) is 5.69 Å². The number of sulfonamides is 1. The van der Waals surface area contributed by atoms with E-state index in [1.54, 1.807) is 48.3 Å². The molecule has 2 amide bonds. The van der Waals surface area contributed by atoms with Crippen molar-refractivity contribution in [3.05, 3.63) is 82.0 Å². The molecule has 9 heteroatoms. The second-order valence-corrected chi connectivity index (χ2v) is 11.8. The number of piperidine rings is 1. The molecule has 2 aromatic carbocycles. The van der Waals surface area contributed by atoms with Crippen LogP contribution < -0.4 is 5.32 Å². The Kier molecular flexibility index (Phi) is 6.48. The van der Waals surface area contributed by atoms with Crippen molar-refractivity contribution < 1.29 is 18.0 Å². The van der Waals surface area contributed by atoms with Gasteiger partial charge in [0.15, 0.2) is 0 Å². The number of thiophene rings is 1. The van der Waals surface area contributed by atoms with Crippen LogP contribution in [0.25, 0.3) is 0 Å². The lowest BCUT2D eigenvalue weighted by Crippen LogP contribution is -2.43. The van der Waals surface area contributed by atoms with Crippen molar-refractivity contribution in [2.45, 2.75) is 36.1 Å². The first-order chi connectivity index (χ1) is 16.9. The highest BCUT2D eigenvalue weighted by Gasteiger charge is 2.43. The molecule has 0 radical (unpaired) electrons. The average Bonchev–Trinajstić information content (AvgIpc) is 3.41. The van der Waals surface area contributed by atoms with E-state index in [0.717, 1.165) is 24.1 Å². The number of nitrogens with zero attached hydrogens (tertiary/aromatic N) is 2. The second-order valence-electron chi connectivity index (χ2n) is 8.92. The quantitative estimate of drug-likeness (QED) is 0.550. The predicted molar refractivity (Wildman–Crippen MR) is 136 cm³/mol. The van der Waals surface area contributed by atoms with E-state index in [-0.39, 0.29) is 16.7 Å². The summed E-state index contributed by atoms with van der Waals surface area (Å²) in [6.45, 7) is 1.08. The average molecular weight is 510 g/mol. The fraction of sp³-hybridized carbons (Fsp3) is 0.308. The molecule has 0 bridgehead atoms. The van der Waals surface area contributed by atoms with Gasteiger partial charge in [-0.3, -0.25) is 9.59 Å². The van der Waals surface area contributed by atoms with Gasteiger partial charge in [0.25, 0.3) is 5.91 Å². The highest BCUT2D eigenvalue weighted by molar-refractivity contribution is 7.89. The maximum absolute atomic E-state index is 13.6. The smallest absolute Gasteiger partial charge is 0.254 e. The molecule has 2 atom stereocenters. The van der Waals surface area contributed by atoms with Crippen molar-refractivity contribution in [3.63, 3.8) is 0 Å². The van der Waals surface area contributed by atoms with Crippen molar-refractivity contribution in [1.82, 2.24) is 9.21 Å². The Balaban J connectivity index is 1.43. The van der Waals surface area contributed by atoms with E-state index < -0.39 is 22.0 Å². The van der Waals surface area contributed by atoms with E-state index in [4.69, 9.17) is 0 Å². The molecule has 3 aromatic rings. The highest BCUT2D eigenvalue weighted by atomic mass is 32.2. The van der Waals surface area contributed by atoms with E-state index in [9.17, 15) is 18.0 Å². The predicted octanol–water partition coefficient (Wildman–Crippen LogP) is 4.47. The molecule has 35 heavy (non-hydrogen) atoms. The van der Waals surface area contributed by atoms with E-state index in [1.807, 2.05) is 29.6 Å². The number of carbonyl (C=O) groups is 2. The largest absolute Gasteiger partial charge is 0.333 e. The Hall–Kier alpha value is -3.01. The summed E-state index contributed by atoms with van der Waals surface area (Å²) >= 11 is 1.51. The normalized spacial score (nSPS) is 20.9. The highest BCUT2D eigenvalue weighted by Crippen LogP contribution is 2.43. The van der Waals surface area contributed by atoms with Gasteiger partial charge < -0.3 is 10.2 Å². The van der Waals surface area contributed by atoms with Gasteiger partial charge >= 0.3 is 0 Å². The maximum Gasteiger partial charge on any atom is 0.254 e. The van der Waals surface area contributed by atoms with Gasteiger partial charge in [-0.2, -0.15) is 4.31 Å². The molecule has 2 unspecified atom stereocenters. The van der Waals surface area contributed by atoms with Crippen molar-refractivity contribution in [1.29, 1.82) is 0 Å². The zero-order valence-corrected chi connectivity index (χ0v) is 21.0. The van der Waals surface area contributed by atoms with Crippen molar-refractivity contribution in [3.8, 4) is 0 Å². The number of benzene rings is 2. The van der Waals surface area contributed by atoms with Gasteiger partial charge in [-0.15, -0.1) is 11.3 Å². The van der Waals surface area contributed by atoms with E-state index >= 15 is 0 Å². The van der Waals surface area contributed by atoms with Crippen LogP contribution >= 0.6 is 11.3 Å². The lowest BCUT2D eigenvalue weighted by molar-refractivity contribution is -0.119. The molecule has 1 aromatic heterocycles. The van der Waals surface area contributed by atoms with Crippen molar-refractivity contribution in [2.75, 3.05) is 25.5 Å². The molecule has 2 aliphatic heterocycles. The molecule has 7 nitrogen and oxygen atoms in total. The minimum atomic E-state index is -3.54. The lowest BCUT2D eigenvalue weighted by atomic mass is 9.81. The van der Waals surface area contributed by atoms with E-state index in [0.29, 0.717) is 29.9 Å². The minimum absolute atomic E-state index is 0.115. The number of rotatable bonds is 5. The minimum Gasteiger partial charge on any atom is -0.333 e. The summed E-state index contributed by atoms with van der Waals surface area (Å²) in [5.74, 6) is -0.971. The van der Waals surface area contributed by atoms with Gasteiger partial charge in [-0.05, 0) is 60.2 Å². The summed E-state index contributed by atoms with van der Waals surface area (Å²) in [4.78, 5) is 29.5. The number of hydrogen-bond acceptors (Lipinski definition) is 5. The third-order valence-electron chi connectivity index (χ3n) is 6.77. The molecule has 0 spiro atoms. The molecular formula is C26H27N3O4S2. The van der Waals surface area contributed by atoms with Crippen LogP contribution in [0, 0.1) is 0 Å². The Morgan fingerprint density at radius 1 is 0.971 bits per heavy atom. The summed E-state index contributed by atoms with van der Waals surface area (Å²) in [6, 6.07) is 17.0. The van der Waals surface area contributed by atoms with Crippen LogP contribution in [0.3, 0.4) is 0 Å². The third-order valence-corrected chi connectivity index (χ3v) is 9.63. The molecule has 1 fully saturated rings. The van der Waals surface area contributed by atoms with Gasteiger partial charge in [-0.1, -0.05) is 30.7 Å². The van der Waals surface area contributed by atoms with Crippen LogP contribution in [0.2, 0.25) is 0 Å². The van der Waals surface area contributed by atoms with Crippen LogP contribution in [-0.2, 0) is 14.8 Å². The second kappa shape index (κ2) is 9.56. The molecule has 1 saturated heterocycles. The van der Waals surface area contributed by atoms with Gasteiger partial charge in [0.2, 0.25) is 15.9 Å². The van der Waals surface area contributed by atoms with Crippen LogP contribution in [0.5, 0.6) is 0 Å². The van der Waals surface area contributed by atoms with Crippen molar-refractivity contribution >= 4 is 38.9 Å². The molecule has 3 heterocycles. The Bertz CT molecular complexity index is 1330. The standard InChI is InChI=1S/C26H27N3O4S2/c1-28-24(22-10-7-17-34-22)23(20-8-3-4-9-21(20)26(28)31)25(30)27-18-11-13-19(14-12-18)35(32,33)29-15-5-2-6-16-29/h3-4,7-14,17,23-24H,2,5-6,15-16H2,1H3,(H,27,30). The van der Waals surface area contributed by atoms with Crippen LogP contribution in [0.15, 0.2) is 70.9 Å². The summed E-state index contributed by atoms with van der Waals surface area (Å²) in [5, 5.41) is 4.89. The van der Waals surface area contributed by atoms with E-state index in [1.165, 1.54) is 15.6 Å². The van der Waals surface area contributed by atoms with Gasteiger partial charge in [0.1, 0.15) is 0 Å². The number of likely N-dealkylation sites (N-methyl/N-ethyl adjacent to an activating group) is 1. The zero-order valence-electron chi connectivity index (χ0n) is 19.4. The SMILES string of the molecule is CN1C(=O)c2ccccc2C(C(=O)Nc2ccc(S(=O)(=O)N3CCCCC3)cc2)C1c1cccs1. The molecule has 182 valence electrons. The number of carbonyl (C=O) groups excluding carboxylic acids is 2. The van der Waals surface area contributed by atoms with Crippen LogP contribution in [-0.4, -0.2) is 49.6 Å².